The number of anilines is 1. The highest BCUT2D eigenvalue weighted by atomic mass is 35.5. The van der Waals surface area contributed by atoms with Gasteiger partial charge in [-0.25, -0.2) is 9.78 Å². The first-order chi connectivity index (χ1) is 25.4. The molecule has 0 saturated carbocycles. The van der Waals surface area contributed by atoms with Crippen molar-refractivity contribution in [3.63, 3.8) is 0 Å². The number of aromatic nitrogens is 2. The smallest absolute Gasteiger partial charge is 0.416 e. The van der Waals surface area contributed by atoms with Crippen LogP contribution in [0.3, 0.4) is 0 Å². The van der Waals surface area contributed by atoms with Crippen LogP contribution in [-0.4, -0.2) is 65.6 Å². The zero-order chi connectivity index (χ0) is 37.8. The van der Waals surface area contributed by atoms with Gasteiger partial charge < -0.3 is 24.1 Å². The summed E-state index contributed by atoms with van der Waals surface area (Å²) in [5.74, 6) is -1.94. The largest absolute Gasteiger partial charge is 0.545 e. The van der Waals surface area contributed by atoms with Gasteiger partial charge in [-0.05, 0) is 93.1 Å². The molecule has 0 spiro atoms. The molecule has 2 bridgehead atoms. The number of rotatable bonds is 13. The van der Waals surface area contributed by atoms with Crippen molar-refractivity contribution < 1.29 is 47.6 Å². The second-order valence-electron chi connectivity index (χ2n) is 13.4. The molecule has 4 aromatic rings. The summed E-state index contributed by atoms with van der Waals surface area (Å²) in [6.45, 7) is 2.88. The van der Waals surface area contributed by atoms with Crippen molar-refractivity contribution in [2.45, 2.75) is 64.4 Å². The summed E-state index contributed by atoms with van der Waals surface area (Å²) in [7, 11) is 0. The van der Waals surface area contributed by atoms with Crippen LogP contribution in [0.15, 0.2) is 73.2 Å². The number of carboxylic acid groups (broad SMARTS) is 1. The quantitative estimate of drug-likeness (QED) is 0.124. The Hall–Kier alpha value is -4.72. The maximum atomic E-state index is 13.9. The van der Waals surface area contributed by atoms with Crippen LogP contribution in [0.25, 0.3) is 0 Å². The minimum absolute atomic E-state index is 0.00391. The van der Waals surface area contributed by atoms with Crippen molar-refractivity contribution in [1.82, 2.24) is 9.88 Å². The monoisotopic (exact) mass is 770 g/mol. The number of benzene rings is 2. The molecular formula is C38H38Cl2F2N4O7. The number of nitrogens with zero attached hydrogens (tertiary/aromatic N) is 4. The maximum Gasteiger partial charge on any atom is 0.416 e. The molecule has 15 heteroatoms. The Morgan fingerprint density at radius 3 is 2.38 bits per heavy atom. The number of alkyl halides is 2. The predicted molar refractivity (Wildman–Crippen MR) is 189 cm³/mol. The number of pyridine rings is 2. The topological polar surface area (TPSA) is 128 Å². The Bertz CT molecular complexity index is 1920. The molecule has 2 atom stereocenters. The van der Waals surface area contributed by atoms with E-state index in [9.17, 15) is 28.7 Å². The van der Waals surface area contributed by atoms with E-state index < -0.39 is 30.7 Å². The molecule has 2 aromatic heterocycles. The zero-order valence-corrected chi connectivity index (χ0v) is 30.5. The molecule has 0 unspecified atom stereocenters. The Morgan fingerprint density at radius 2 is 1.77 bits per heavy atom. The first-order valence-electron chi connectivity index (χ1n) is 17.2. The van der Waals surface area contributed by atoms with Gasteiger partial charge in [-0.3, -0.25) is 15.0 Å². The van der Waals surface area contributed by atoms with E-state index in [-0.39, 0.29) is 57.7 Å². The summed E-state index contributed by atoms with van der Waals surface area (Å²) < 4.78 is 44.1. The highest BCUT2D eigenvalue weighted by Crippen LogP contribution is 2.40. The average molecular weight is 772 g/mol. The number of aromatic carboxylic acids is 1. The molecule has 3 aliphatic rings. The summed E-state index contributed by atoms with van der Waals surface area (Å²) in [5.41, 5.74) is 1.42. The third-order valence-electron chi connectivity index (χ3n) is 9.47. The van der Waals surface area contributed by atoms with E-state index in [0.29, 0.717) is 33.8 Å². The summed E-state index contributed by atoms with van der Waals surface area (Å²) >= 11 is 13.1. The van der Waals surface area contributed by atoms with Crippen molar-refractivity contribution in [3.05, 3.63) is 111 Å². The van der Waals surface area contributed by atoms with Crippen LogP contribution in [0, 0.1) is 5.92 Å². The molecule has 3 aliphatic heterocycles. The van der Waals surface area contributed by atoms with Crippen molar-refractivity contribution in [2.75, 3.05) is 24.5 Å². The average Bonchev–Trinajstić information content (AvgIpc) is 3.11. The van der Waals surface area contributed by atoms with E-state index in [1.807, 2.05) is 0 Å². The highest BCUT2D eigenvalue weighted by Gasteiger charge is 2.38. The van der Waals surface area contributed by atoms with Crippen molar-refractivity contribution in [3.8, 4) is 11.5 Å². The number of ether oxygens (including phenoxy) is 3. The molecular weight excluding hydrogens is 733 g/mol. The van der Waals surface area contributed by atoms with E-state index in [0.717, 1.165) is 25.9 Å². The number of carbonyl (C=O) groups is 2. The van der Waals surface area contributed by atoms with Gasteiger partial charge >= 0.3 is 12.7 Å². The second kappa shape index (κ2) is 16.5. The van der Waals surface area contributed by atoms with Gasteiger partial charge in [0, 0.05) is 34.5 Å². The van der Waals surface area contributed by atoms with Crippen LogP contribution in [-0.2, 0) is 17.7 Å². The normalized spacial score (nSPS) is 18.5. The molecule has 5 heterocycles. The third kappa shape index (κ3) is 9.09. The fourth-order valence-corrected chi connectivity index (χ4v) is 7.59. The fourth-order valence-electron chi connectivity index (χ4n) is 6.98. The standard InChI is InChI=1S/C38H38Cl2F2N4O7/c1-22(2)51-33-16-25(7-9-32(33)52-37(41)42)27(17-29-30(39)19-45(50)20-31(29)40)28-15-23(6-8-26(28)36(47)48)18-46(35-5-3-4-12-43-35)38(49)53-34-21-44-13-10-24(34)11-14-44/h3-9,12,15-16,19-20,22,24,27,34,37H,10-11,13-14,17-18,21H2,1-2H3,(H-,47,48,50)/t27-,34-/m0/s1. The first kappa shape index (κ1) is 38.0. The van der Waals surface area contributed by atoms with Gasteiger partial charge in [0.1, 0.15) is 22.0 Å². The Kier molecular flexibility index (Phi) is 11.9. The van der Waals surface area contributed by atoms with Gasteiger partial charge in [0.25, 0.3) is 0 Å². The molecule has 53 heavy (non-hydrogen) atoms. The number of carboxylic acids is 1. The van der Waals surface area contributed by atoms with Gasteiger partial charge in [0.15, 0.2) is 11.5 Å². The number of carbonyl (C=O) groups excluding carboxylic acids is 2. The van der Waals surface area contributed by atoms with E-state index in [1.165, 1.54) is 41.6 Å². The lowest BCUT2D eigenvalue weighted by Gasteiger charge is -2.44. The highest BCUT2D eigenvalue weighted by molar-refractivity contribution is 6.35. The van der Waals surface area contributed by atoms with Gasteiger partial charge in [-0.1, -0.05) is 53.5 Å². The van der Waals surface area contributed by atoms with Gasteiger partial charge in [0.2, 0.25) is 12.4 Å². The first-order valence-corrected chi connectivity index (χ1v) is 17.9. The molecule has 280 valence electrons. The number of fused-ring (bicyclic) bond motifs is 3. The van der Waals surface area contributed by atoms with Gasteiger partial charge in [-0.15, -0.1) is 0 Å². The number of hydrogen-bond donors (Lipinski definition) is 1. The third-order valence-corrected chi connectivity index (χ3v) is 10.1. The molecule has 2 aromatic carbocycles. The lowest BCUT2D eigenvalue weighted by molar-refractivity contribution is -0.904. The Labute approximate surface area is 315 Å². The number of amides is 1. The summed E-state index contributed by atoms with van der Waals surface area (Å²) in [6, 6.07) is 14.1. The molecule has 3 saturated heterocycles. The van der Waals surface area contributed by atoms with E-state index in [4.69, 9.17) is 37.4 Å². The fraction of sp³-hybridized carbons (Fsp3) is 0.368. The van der Waals surface area contributed by atoms with Crippen LogP contribution in [0.5, 0.6) is 11.5 Å². The molecule has 7 rings (SSSR count). The minimum Gasteiger partial charge on any atom is -0.545 e. The lowest BCUT2D eigenvalue weighted by Crippen LogP contribution is -2.53. The van der Waals surface area contributed by atoms with Crippen molar-refractivity contribution in [2.24, 2.45) is 5.92 Å². The minimum atomic E-state index is -3.13. The number of piperidine rings is 3. The Morgan fingerprint density at radius 1 is 1.04 bits per heavy atom. The van der Waals surface area contributed by atoms with Crippen molar-refractivity contribution in [1.29, 1.82) is 0 Å². The molecule has 1 N–H and O–H groups in total. The summed E-state index contributed by atoms with van der Waals surface area (Å²) in [6.07, 6.45) is 4.62. The second-order valence-corrected chi connectivity index (χ2v) is 14.2. The number of halogens is 4. The van der Waals surface area contributed by atoms with Crippen LogP contribution >= 0.6 is 23.2 Å². The van der Waals surface area contributed by atoms with Gasteiger partial charge in [0.05, 0.1) is 18.6 Å². The SMILES string of the molecule is CC(C)Oc1cc([C@H](Cc2c(Cl)c[n+](O)cc2Cl)c2cc(CN(C(=O)O[C@H]3CN4CCC3CC4)c3ccccn3)ccc2C(=O)[O-])ccc1OC(F)F. The summed E-state index contributed by atoms with van der Waals surface area (Å²) in [5, 5.41) is 22.9. The Balaban J connectivity index is 1.43. The van der Waals surface area contributed by atoms with Crippen LogP contribution in [0.2, 0.25) is 10.0 Å². The molecule has 3 fully saturated rings. The maximum absolute atomic E-state index is 13.9. The van der Waals surface area contributed by atoms with Crippen LogP contribution in [0.4, 0.5) is 19.4 Å². The lowest BCUT2D eigenvalue weighted by atomic mass is 9.82. The molecule has 0 aliphatic carbocycles. The van der Waals surface area contributed by atoms with E-state index in [1.54, 1.807) is 50.4 Å². The predicted octanol–water partition coefficient (Wildman–Crippen LogP) is 6.28. The van der Waals surface area contributed by atoms with E-state index >= 15 is 0 Å². The molecule has 1 amide bonds. The van der Waals surface area contributed by atoms with Crippen LogP contribution in [0.1, 0.15) is 65.2 Å². The van der Waals surface area contributed by atoms with Crippen LogP contribution < -0.4 is 24.2 Å². The molecule has 0 radical (unpaired) electrons. The molecule has 11 nitrogen and oxygen atoms in total. The zero-order valence-electron chi connectivity index (χ0n) is 29.0. The van der Waals surface area contributed by atoms with Crippen molar-refractivity contribution >= 4 is 41.1 Å². The van der Waals surface area contributed by atoms with Gasteiger partial charge in [-0.2, -0.15) is 8.78 Å². The summed E-state index contributed by atoms with van der Waals surface area (Å²) in [4.78, 5) is 34.7. The number of hydrogen-bond acceptors (Lipinski definition) is 9. The van der Waals surface area contributed by atoms with E-state index in [2.05, 4.69) is 9.88 Å².